The van der Waals surface area contributed by atoms with E-state index in [0.29, 0.717) is 0 Å². The number of amidine groups is 1. The fourth-order valence-electron chi connectivity index (χ4n) is 2.21. The van der Waals surface area contributed by atoms with E-state index in [-0.39, 0.29) is 6.04 Å². The predicted octanol–water partition coefficient (Wildman–Crippen LogP) is 2.64. The first-order chi connectivity index (χ1) is 8.20. The van der Waals surface area contributed by atoms with Crippen molar-refractivity contribution in [3.8, 4) is 0 Å². The molecule has 3 nitrogen and oxygen atoms in total. The third kappa shape index (κ3) is 3.07. The molecule has 0 radical (unpaired) electrons. The van der Waals surface area contributed by atoms with E-state index in [9.17, 15) is 0 Å². The summed E-state index contributed by atoms with van der Waals surface area (Å²) in [5.74, 6) is 6.40. The van der Waals surface area contributed by atoms with Crippen LogP contribution < -0.4 is 11.3 Å². The van der Waals surface area contributed by atoms with E-state index in [1.165, 1.54) is 47.4 Å². The third-order valence-electron chi connectivity index (χ3n) is 3.00. The zero-order valence-corrected chi connectivity index (χ0v) is 11.4. The van der Waals surface area contributed by atoms with Crippen molar-refractivity contribution in [3.63, 3.8) is 0 Å². The van der Waals surface area contributed by atoms with Crippen LogP contribution in [0.5, 0.6) is 0 Å². The monoisotopic (exact) mass is 251 g/mol. The van der Waals surface area contributed by atoms with Gasteiger partial charge >= 0.3 is 0 Å². The topological polar surface area (TPSA) is 50.4 Å². The molecule has 0 atom stereocenters. The van der Waals surface area contributed by atoms with E-state index in [1.807, 2.05) is 11.3 Å². The van der Waals surface area contributed by atoms with E-state index in [2.05, 4.69) is 30.3 Å². The zero-order chi connectivity index (χ0) is 12.3. The van der Waals surface area contributed by atoms with Gasteiger partial charge in [-0.15, -0.1) is 11.3 Å². The Morgan fingerprint density at radius 2 is 2.12 bits per heavy atom. The van der Waals surface area contributed by atoms with Gasteiger partial charge in [-0.1, -0.05) is 6.42 Å². The van der Waals surface area contributed by atoms with Gasteiger partial charge in [-0.3, -0.25) is 4.99 Å². The summed E-state index contributed by atoms with van der Waals surface area (Å²) in [6.45, 7) is 4.13. The molecule has 0 spiro atoms. The minimum absolute atomic E-state index is 0.267. The summed E-state index contributed by atoms with van der Waals surface area (Å²) in [7, 11) is 0. The fourth-order valence-corrected chi connectivity index (χ4v) is 3.43. The van der Waals surface area contributed by atoms with Crippen LogP contribution in [0.1, 0.15) is 48.4 Å². The van der Waals surface area contributed by atoms with Crippen LogP contribution in [0.15, 0.2) is 11.1 Å². The second kappa shape index (κ2) is 5.65. The van der Waals surface area contributed by atoms with Gasteiger partial charge in [-0.25, -0.2) is 5.84 Å². The average molecular weight is 251 g/mol. The number of hydrogen-bond acceptors (Lipinski definition) is 3. The van der Waals surface area contributed by atoms with Crippen molar-refractivity contribution >= 4 is 17.2 Å². The highest BCUT2D eigenvalue weighted by molar-refractivity contribution is 7.14. The summed E-state index contributed by atoms with van der Waals surface area (Å²) < 4.78 is 0. The molecule has 0 aliphatic heterocycles. The maximum Gasteiger partial charge on any atom is 0.153 e. The fraction of sp³-hybridized carbons (Fsp3) is 0.615. The lowest BCUT2D eigenvalue weighted by atomic mass is 10.1. The summed E-state index contributed by atoms with van der Waals surface area (Å²) in [5, 5.41) is 0. The molecule has 0 amide bonds. The van der Waals surface area contributed by atoms with Crippen LogP contribution in [0.3, 0.4) is 0 Å². The van der Waals surface area contributed by atoms with E-state index in [4.69, 9.17) is 5.84 Å². The van der Waals surface area contributed by atoms with Crippen LogP contribution in [0, 0.1) is 0 Å². The first kappa shape index (κ1) is 12.6. The minimum atomic E-state index is 0.267. The van der Waals surface area contributed by atoms with Gasteiger partial charge in [0.2, 0.25) is 0 Å². The quantitative estimate of drug-likeness (QED) is 0.279. The Hall–Kier alpha value is -0.870. The Bertz CT molecular complexity index is 383. The molecule has 0 saturated carbocycles. The van der Waals surface area contributed by atoms with E-state index in [0.717, 1.165) is 5.84 Å². The van der Waals surface area contributed by atoms with E-state index < -0.39 is 0 Å². The highest BCUT2D eigenvalue weighted by Gasteiger charge is 2.14. The largest absolute Gasteiger partial charge is 0.308 e. The molecule has 17 heavy (non-hydrogen) atoms. The Kier molecular flexibility index (Phi) is 4.18. The number of rotatable bonds is 2. The molecule has 1 aliphatic carbocycles. The van der Waals surface area contributed by atoms with Gasteiger partial charge in [0, 0.05) is 10.9 Å². The number of fused-ring (bicyclic) bond motifs is 1. The Morgan fingerprint density at radius 3 is 2.82 bits per heavy atom. The number of thiophene rings is 1. The lowest BCUT2D eigenvalue weighted by Crippen LogP contribution is -2.31. The molecule has 1 aliphatic rings. The lowest BCUT2D eigenvalue weighted by molar-refractivity contribution is 0.712. The van der Waals surface area contributed by atoms with Crippen LogP contribution in [-0.4, -0.2) is 11.9 Å². The van der Waals surface area contributed by atoms with Gasteiger partial charge < -0.3 is 5.43 Å². The van der Waals surface area contributed by atoms with Crippen molar-refractivity contribution in [1.82, 2.24) is 5.43 Å². The molecule has 0 saturated heterocycles. The van der Waals surface area contributed by atoms with Crippen LogP contribution in [0.25, 0.3) is 0 Å². The Balaban J connectivity index is 2.27. The van der Waals surface area contributed by atoms with Crippen molar-refractivity contribution in [2.24, 2.45) is 10.8 Å². The molecule has 1 heterocycles. The number of aliphatic imine (C=N–C) groups is 1. The molecule has 0 bridgehead atoms. The molecule has 4 heteroatoms. The van der Waals surface area contributed by atoms with Crippen LogP contribution in [0.4, 0.5) is 0 Å². The van der Waals surface area contributed by atoms with Gasteiger partial charge in [-0.2, -0.15) is 0 Å². The van der Waals surface area contributed by atoms with Gasteiger partial charge in [-0.05, 0) is 51.2 Å². The molecule has 1 aromatic rings. The van der Waals surface area contributed by atoms with Gasteiger partial charge in [0.25, 0.3) is 0 Å². The zero-order valence-electron chi connectivity index (χ0n) is 10.6. The predicted molar refractivity (Wildman–Crippen MR) is 74.6 cm³/mol. The summed E-state index contributed by atoms with van der Waals surface area (Å²) in [5.41, 5.74) is 4.24. The third-order valence-corrected chi connectivity index (χ3v) is 4.25. The second-order valence-electron chi connectivity index (χ2n) is 4.84. The maximum absolute atomic E-state index is 5.57. The molecule has 0 aromatic carbocycles. The molecular formula is C13H21N3S. The van der Waals surface area contributed by atoms with Gasteiger partial charge in [0.15, 0.2) is 5.84 Å². The molecular weight excluding hydrogens is 230 g/mol. The highest BCUT2D eigenvalue weighted by Crippen LogP contribution is 2.29. The first-order valence-electron chi connectivity index (χ1n) is 6.37. The van der Waals surface area contributed by atoms with Crippen molar-refractivity contribution in [1.29, 1.82) is 0 Å². The van der Waals surface area contributed by atoms with E-state index in [1.54, 1.807) is 0 Å². The first-order valence-corrected chi connectivity index (χ1v) is 7.18. The van der Waals surface area contributed by atoms with Gasteiger partial charge in [0.1, 0.15) is 0 Å². The standard InChI is InChI=1S/C13H21N3S/c1-9(2)15-13(16-14)12-8-10-6-4-3-5-7-11(10)17-12/h8-9H,3-7,14H2,1-2H3,(H,15,16). The lowest BCUT2D eigenvalue weighted by Gasteiger charge is -2.05. The molecule has 1 aromatic heterocycles. The van der Waals surface area contributed by atoms with E-state index >= 15 is 0 Å². The summed E-state index contributed by atoms with van der Waals surface area (Å²) in [4.78, 5) is 7.24. The van der Waals surface area contributed by atoms with Crippen molar-refractivity contribution in [2.75, 3.05) is 0 Å². The number of nitrogens with zero attached hydrogens (tertiary/aromatic N) is 1. The molecule has 2 rings (SSSR count). The summed E-state index contributed by atoms with van der Waals surface area (Å²) in [6.07, 6.45) is 6.43. The smallest absolute Gasteiger partial charge is 0.153 e. The number of hydrazine groups is 1. The summed E-state index contributed by atoms with van der Waals surface area (Å²) in [6, 6.07) is 2.54. The van der Waals surface area contributed by atoms with Crippen LogP contribution >= 0.6 is 11.3 Å². The number of aryl methyl sites for hydroxylation is 2. The number of hydrogen-bond donors (Lipinski definition) is 2. The average Bonchev–Trinajstić information content (AvgIpc) is 2.57. The summed E-state index contributed by atoms with van der Waals surface area (Å²) >= 11 is 1.85. The number of nitrogens with one attached hydrogen (secondary N) is 1. The molecule has 94 valence electrons. The molecule has 0 unspecified atom stereocenters. The second-order valence-corrected chi connectivity index (χ2v) is 5.97. The normalized spacial score (nSPS) is 16.8. The van der Waals surface area contributed by atoms with Crippen LogP contribution in [0.2, 0.25) is 0 Å². The number of nitrogens with two attached hydrogens (primary N) is 1. The van der Waals surface area contributed by atoms with Crippen molar-refractivity contribution in [3.05, 3.63) is 21.4 Å². The highest BCUT2D eigenvalue weighted by atomic mass is 32.1. The SMILES string of the molecule is CC(C)N=C(NN)c1cc2c(s1)CCCCC2. The Labute approximate surface area is 107 Å². The Morgan fingerprint density at radius 1 is 1.35 bits per heavy atom. The van der Waals surface area contributed by atoms with Crippen molar-refractivity contribution in [2.45, 2.75) is 52.0 Å². The molecule has 3 N–H and O–H groups in total. The molecule has 0 fully saturated rings. The van der Waals surface area contributed by atoms with Crippen molar-refractivity contribution < 1.29 is 0 Å². The minimum Gasteiger partial charge on any atom is -0.308 e. The van der Waals surface area contributed by atoms with Gasteiger partial charge in [0.05, 0.1) is 4.88 Å². The maximum atomic E-state index is 5.57. The van der Waals surface area contributed by atoms with Crippen LogP contribution in [-0.2, 0) is 12.8 Å².